The maximum absolute atomic E-state index is 12.9. The topological polar surface area (TPSA) is 135 Å². The maximum Gasteiger partial charge on any atom is 0.507 e. The van der Waals surface area contributed by atoms with Crippen LogP contribution in [0, 0.1) is 11.8 Å². The Morgan fingerprint density at radius 3 is 2.58 bits per heavy atom. The zero-order chi connectivity index (χ0) is 29.9. The number of rotatable bonds is 6. The molecule has 1 unspecified atom stereocenters. The van der Waals surface area contributed by atoms with Crippen molar-refractivity contribution in [3.05, 3.63) is 36.0 Å². The Bertz CT molecular complexity index is 938. The van der Waals surface area contributed by atoms with Gasteiger partial charge < -0.3 is 39.0 Å². The van der Waals surface area contributed by atoms with Gasteiger partial charge in [-0.05, 0) is 45.4 Å². The summed E-state index contributed by atoms with van der Waals surface area (Å²) < 4.78 is 21.0. The molecule has 0 aromatic carbocycles. The number of hydrogen-bond acceptors (Lipinski definition) is 10. The highest BCUT2D eigenvalue weighted by Gasteiger charge is 2.36. The number of ether oxygens (including phenoxy) is 4. The van der Waals surface area contributed by atoms with Gasteiger partial charge in [-0.3, -0.25) is 4.79 Å². The third-order valence-electron chi connectivity index (χ3n) is 7.19. The molecule has 2 heterocycles. The molecule has 1 amide bonds. The SMILES string of the molecule is COC(=O)OCC(C)/C=C/C=C(\C)[C@H]1OC(=O)C[C@@H](O)CC[C@](C)(O)[C@@H](OC(=O)N2CCN(C)CC2)/C=C/[C@@H]1C. The largest absolute Gasteiger partial charge is 0.507 e. The molecule has 226 valence electrons. The first-order valence-electron chi connectivity index (χ1n) is 13.8. The average Bonchev–Trinajstić information content (AvgIpc) is 2.90. The monoisotopic (exact) mass is 566 g/mol. The second-order valence-corrected chi connectivity index (χ2v) is 11.0. The number of aliphatic hydroxyl groups excluding tert-OH is 1. The number of hydrogen-bond donors (Lipinski definition) is 2. The molecule has 40 heavy (non-hydrogen) atoms. The number of aliphatic hydroxyl groups is 2. The number of carbonyl (C=O) groups is 3. The minimum Gasteiger partial charge on any atom is -0.457 e. The highest BCUT2D eigenvalue weighted by molar-refractivity contribution is 5.70. The normalized spacial score (nSPS) is 30.9. The van der Waals surface area contributed by atoms with Gasteiger partial charge in [-0.15, -0.1) is 0 Å². The number of likely N-dealkylation sites (N-methyl/N-ethyl adjacent to an activating group) is 1. The van der Waals surface area contributed by atoms with Crippen molar-refractivity contribution in [2.24, 2.45) is 11.8 Å². The first-order valence-corrected chi connectivity index (χ1v) is 13.8. The van der Waals surface area contributed by atoms with Crippen molar-refractivity contribution in [1.82, 2.24) is 9.80 Å². The van der Waals surface area contributed by atoms with Crippen molar-refractivity contribution < 1.29 is 43.5 Å². The Balaban J connectivity index is 2.23. The van der Waals surface area contributed by atoms with E-state index in [2.05, 4.69) is 9.64 Å². The van der Waals surface area contributed by atoms with Gasteiger partial charge in [0.1, 0.15) is 18.3 Å². The molecular formula is C29H46N2O9. The number of methoxy groups -OCH3 is 1. The first kappa shape index (κ1) is 33.3. The van der Waals surface area contributed by atoms with Crippen molar-refractivity contribution in [2.45, 2.75) is 70.9 Å². The van der Waals surface area contributed by atoms with E-state index in [0.717, 1.165) is 18.7 Å². The van der Waals surface area contributed by atoms with Gasteiger partial charge in [0.05, 0.1) is 19.6 Å². The second-order valence-electron chi connectivity index (χ2n) is 11.0. The van der Waals surface area contributed by atoms with E-state index in [-0.39, 0.29) is 37.7 Å². The molecule has 2 N–H and O–H groups in total. The van der Waals surface area contributed by atoms with Gasteiger partial charge in [0, 0.05) is 38.0 Å². The molecule has 2 rings (SSSR count). The molecule has 2 aliphatic heterocycles. The first-order chi connectivity index (χ1) is 18.8. The quantitative estimate of drug-likeness (QED) is 0.214. The van der Waals surface area contributed by atoms with E-state index >= 15 is 0 Å². The van der Waals surface area contributed by atoms with Crippen molar-refractivity contribution in [2.75, 3.05) is 46.9 Å². The highest BCUT2D eigenvalue weighted by Crippen LogP contribution is 2.27. The summed E-state index contributed by atoms with van der Waals surface area (Å²) in [4.78, 5) is 40.5. The van der Waals surface area contributed by atoms with E-state index < -0.39 is 42.1 Å². The fourth-order valence-electron chi connectivity index (χ4n) is 4.43. The van der Waals surface area contributed by atoms with Crippen LogP contribution in [-0.4, -0.2) is 109 Å². The summed E-state index contributed by atoms with van der Waals surface area (Å²) in [7, 11) is 3.24. The van der Waals surface area contributed by atoms with Crippen molar-refractivity contribution in [3.8, 4) is 0 Å². The van der Waals surface area contributed by atoms with Gasteiger partial charge in [-0.25, -0.2) is 9.59 Å². The van der Waals surface area contributed by atoms with Crippen LogP contribution in [0.4, 0.5) is 9.59 Å². The summed E-state index contributed by atoms with van der Waals surface area (Å²) in [6, 6.07) is 0. The fraction of sp³-hybridized carbons (Fsp3) is 0.690. The van der Waals surface area contributed by atoms with Gasteiger partial charge >= 0.3 is 18.2 Å². The number of carbonyl (C=O) groups excluding carboxylic acids is 3. The van der Waals surface area contributed by atoms with Crippen LogP contribution >= 0.6 is 0 Å². The summed E-state index contributed by atoms with van der Waals surface area (Å²) in [5.41, 5.74) is -0.722. The lowest BCUT2D eigenvalue weighted by molar-refractivity contribution is -0.151. The predicted octanol–water partition coefficient (Wildman–Crippen LogP) is 3.06. The number of nitrogens with zero attached hydrogens (tertiary/aromatic N) is 2. The third-order valence-corrected chi connectivity index (χ3v) is 7.19. The van der Waals surface area contributed by atoms with Crippen LogP contribution in [0.3, 0.4) is 0 Å². The van der Waals surface area contributed by atoms with Crippen LogP contribution in [0.25, 0.3) is 0 Å². The third kappa shape index (κ3) is 10.9. The lowest BCUT2D eigenvalue weighted by Gasteiger charge is -2.36. The summed E-state index contributed by atoms with van der Waals surface area (Å²) in [6.45, 7) is 9.82. The lowest BCUT2D eigenvalue weighted by Crippen LogP contribution is -2.50. The molecule has 11 heteroatoms. The van der Waals surface area contributed by atoms with E-state index in [1.54, 1.807) is 36.1 Å². The molecule has 0 saturated carbocycles. The van der Waals surface area contributed by atoms with Gasteiger partial charge in [-0.2, -0.15) is 0 Å². The number of piperazine rings is 1. The number of amides is 1. The van der Waals surface area contributed by atoms with Gasteiger partial charge in [0.25, 0.3) is 0 Å². The Labute approximate surface area is 237 Å². The van der Waals surface area contributed by atoms with Gasteiger partial charge in [-0.1, -0.05) is 38.2 Å². The molecule has 0 spiro atoms. The van der Waals surface area contributed by atoms with E-state index in [1.807, 2.05) is 33.9 Å². The molecule has 0 aromatic heterocycles. The lowest BCUT2D eigenvalue weighted by atomic mass is 9.89. The van der Waals surface area contributed by atoms with Crippen LogP contribution in [-0.2, 0) is 23.7 Å². The number of cyclic esters (lactones) is 1. The molecular weight excluding hydrogens is 520 g/mol. The molecule has 2 aliphatic rings. The van der Waals surface area contributed by atoms with Crippen LogP contribution in [0.2, 0.25) is 0 Å². The summed E-state index contributed by atoms with van der Waals surface area (Å²) in [5.74, 6) is -0.967. The zero-order valence-electron chi connectivity index (χ0n) is 24.6. The van der Waals surface area contributed by atoms with Gasteiger partial charge in [0.2, 0.25) is 0 Å². The van der Waals surface area contributed by atoms with Crippen LogP contribution in [0.5, 0.6) is 0 Å². The molecule has 0 bridgehead atoms. The standard InChI is InChI=1S/C29H46N2O9/c1-20(19-38-28(35)37-6)8-7-9-21(2)26-22(3)10-11-24(39-27(34)31-16-14-30(5)15-17-31)29(4,36)13-12-23(32)18-25(33)40-26/h7-11,20,22-24,26,32,36H,12-19H2,1-6H3/b8-7+,11-10+,21-9+/t20?,22-,23-,24-,26+,29-/m0/s1. The van der Waals surface area contributed by atoms with Crippen LogP contribution in [0.15, 0.2) is 36.0 Å². The Morgan fingerprint density at radius 1 is 1.25 bits per heavy atom. The summed E-state index contributed by atoms with van der Waals surface area (Å²) in [6.07, 6.45) is 4.98. The van der Waals surface area contributed by atoms with Crippen molar-refractivity contribution >= 4 is 18.2 Å². The Hall–Kier alpha value is -2.89. The summed E-state index contributed by atoms with van der Waals surface area (Å²) in [5, 5.41) is 21.7. The van der Waals surface area contributed by atoms with Crippen LogP contribution < -0.4 is 0 Å². The molecule has 1 saturated heterocycles. The van der Waals surface area contributed by atoms with E-state index in [9.17, 15) is 24.6 Å². The molecule has 0 aromatic rings. The van der Waals surface area contributed by atoms with Gasteiger partial charge in [0.15, 0.2) is 6.10 Å². The highest BCUT2D eigenvalue weighted by atomic mass is 16.7. The average molecular weight is 567 g/mol. The van der Waals surface area contributed by atoms with E-state index in [4.69, 9.17) is 14.2 Å². The van der Waals surface area contributed by atoms with E-state index in [0.29, 0.717) is 13.1 Å². The maximum atomic E-state index is 12.9. The predicted molar refractivity (Wildman–Crippen MR) is 148 cm³/mol. The van der Waals surface area contributed by atoms with E-state index in [1.165, 1.54) is 7.11 Å². The molecule has 1 fully saturated rings. The number of esters is 1. The zero-order valence-corrected chi connectivity index (χ0v) is 24.6. The Kier molecular flexibility index (Phi) is 13.1. The molecule has 0 radical (unpaired) electrons. The van der Waals surface area contributed by atoms with Crippen molar-refractivity contribution in [1.29, 1.82) is 0 Å². The van der Waals surface area contributed by atoms with Crippen LogP contribution in [0.1, 0.15) is 47.0 Å². The summed E-state index contributed by atoms with van der Waals surface area (Å²) >= 11 is 0. The Morgan fingerprint density at radius 2 is 1.93 bits per heavy atom. The minimum atomic E-state index is -1.46. The number of allylic oxidation sites excluding steroid dienone is 2. The second kappa shape index (κ2) is 15.8. The van der Waals surface area contributed by atoms with Crippen molar-refractivity contribution in [3.63, 3.8) is 0 Å². The smallest absolute Gasteiger partial charge is 0.457 e. The molecule has 6 atom stereocenters. The molecule has 0 aliphatic carbocycles. The molecule has 11 nitrogen and oxygen atoms in total. The fourth-order valence-corrected chi connectivity index (χ4v) is 4.43. The minimum absolute atomic E-state index is 0.0764.